The Kier molecular flexibility index (Phi) is 6.96. The quantitative estimate of drug-likeness (QED) is 0.445. The van der Waals surface area contributed by atoms with Gasteiger partial charge in [-0.1, -0.05) is 30.3 Å². The van der Waals surface area contributed by atoms with Crippen molar-refractivity contribution in [3.05, 3.63) is 35.9 Å². The summed E-state index contributed by atoms with van der Waals surface area (Å²) < 4.78 is 4.53. The van der Waals surface area contributed by atoms with Gasteiger partial charge in [0, 0.05) is 6.42 Å². The molecule has 0 radical (unpaired) electrons. The molecule has 0 heterocycles. The van der Waals surface area contributed by atoms with E-state index in [9.17, 15) is 4.79 Å². The molecule has 0 spiro atoms. The van der Waals surface area contributed by atoms with Gasteiger partial charge in [-0.05, 0) is 12.0 Å². The van der Waals surface area contributed by atoms with Crippen LogP contribution in [0.3, 0.4) is 0 Å². The summed E-state index contributed by atoms with van der Waals surface area (Å²) in [7, 11) is 1.41. The minimum absolute atomic E-state index is 0. The van der Waals surface area contributed by atoms with Gasteiger partial charge in [-0.25, -0.2) is 0 Å². The maximum atomic E-state index is 10.8. The summed E-state index contributed by atoms with van der Waals surface area (Å²) in [5.74, 6) is -0.154. The van der Waals surface area contributed by atoms with Crippen LogP contribution < -0.4 is 29.6 Å². The zero-order valence-corrected chi connectivity index (χ0v) is 10.1. The van der Waals surface area contributed by atoms with E-state index in [2.05, 4.69) is 4.74 Å². The molecule has 0 bridgehead atoms. The van der Waals surface area contributed by atoms with Crippen molar-refractivity contribution in [2.24, 2.45) is 0 Å². The second kappa shape index (κ2) is 7.13. The van der Waals surface area contributed by atoms with Crippen molar-refractivity contribution in [3.8, 4) is 0 Å². The molecule has 2 nitrogen and oxygen atoms in total. The second-order valence-corrected chi connectivity index (χ2v) is 2.56. The molecule has 0 N–H and O–H groups in total. The maximum absolute atomic E-state index is 10.8. The Morgan fingerprint density at radius 3 is 2.54 bits per heavy atom. The fraction of sp³-hybridized carbons (Fsp3) is 0.300. The number of carbonyl (C=O) groups excluding carboxylic acids is 1. The first kappa shape index (κ1) is 12.7. The molecule has 1 rings (SSSR count). The maximum Gasteiger partial charge on any atom is 1.00 e. The van der Waals surface area contributed by atoms with Gasteiger partial charge in [0.15, 0.2) is 0 Å². The van der Waals surface area contributed by atoms with Crippen LogP contribution in [0.5, 0.6) is 0 Å². The van der Waals surface area contributed by atoms with E-state index in [4.69, 9.17) is 0 Å². The van der Waals surface area contributed by atoms with Crippen molar-refractivity contribution in [2.75, 3.05) is 7.11 Å². The average Bonchev–Trinajstić information content (AvgIpc) is 2.16. The minimum atomic E-state index is -0.154. The molecular formula is C10H13NaO2. The molecule has 0 fully saturated rings. The number of esters is 1. The van der Waals surface area contributed by atoms with Gasteiger partial charge in [0.2, 0.25) is 0 Å². The van der Waals surface area contributed by atoms with Gasteiger partial charge in [0.25, 0.3) is 0 Å². The molecular weight excluding hydrogens is 175 g/mol. The van der Waals surface area contributed by atoms with E-state index in [1.807, 2.05) is 30.3 Å². The summed E-state index contributed by atoms with van der Waals surface area (Å²) >= 11 is 0. The van der Waals surface area contributed by atoms with Crippen LogP contribution in [0, 0.1) is 0 Å². The fourth-order valence-corrected chi connectivity index (χ4v) is 0.993. The summed E-state index contributed by atoms with van der Waals surface area (Å²) in [6.45, 7) is 0. The third-order valence-corrected chi connectivity index (χ3v) is 1.69. The van der Waals surface area contributed by atoms with Crippen molar-refractivity contribution in [1.82, 2.24) is 0 Å². The molecule has 1 aromatic rings. The monoisotopic (exact) mass is 188 g/mol. The van der Waals surface area contributed by atoms with Crippen LogP contribution in [0.2, 0.25) is 0 Å². The van der Waals surface area contributed by atoms with E-state index >= 15 is 0 Å². The molecule has 1 aromatic carbocycles. The van der Waals surface area contributed by atoms with E-state index in [0.717, 1.165) is 6.42 Å². The Hall–Kier alpha value is -0.310. The summed E-state index contributed by atoms with van der Waals surface area (Å²) in [5.41, 5.74) is 1.17. The Bertz CT molecular complexity index is 252. The molecule has 13 heavy (non-hydrogen) atoms. The Labute approximate surface area is 102 Å². The van der Waals surface area contributed by atoms with Crippen LogP contribution in [0.4, 0.5) is 0 Å². The summed E-state index contributed by atoms with van der Waals surface area (Å²) in [4.78, 5) is 10.8. The second-order valence-electron chi connectivity index (χ2n) is 2.56. The number of ether oxygens (including phenoxy) is 1. The molecule has 0 aliphatic carbocycles. The molecule has 0 amide bonds. The first-order valence-electron chi connectivity index (χ1n) is 3.93. The Morgan fingerprint density at radius 1 is 1.38 bits per heavy atom. The number of rotatable bonds is 3. The van der Waals surface area contributed by atoms with Crippen LogP contribution >= 0.6 is 0 Å². The molecule has 0 unspecified atom stereocenters. The minimum Gasteiger partial charge on any atom is -1.00 e. The zero-order valence-electron chi connectivity index (χ0n) is 9.12. The van der Waals surface area contributed by atoms with Gasteiger partial charge in [0.05, 0.1) is 7.11 Å². The SMILES string of the molecule is COC(=O)CCc1ccccc1.[H-].[Na+]. The van der Waals surface area contributed by atoms with Crippen molar-refractivity contribution in [3.63, 3.8) is 0 Å². The number of hydrogen-bond donors (Lipinski definition) is 0. The van der Waals surface area contributed by atoms with Gasteiger partial charge in [-0.15, -0.1) is 0 Å². The fourth-order valence-electron chi connectivity index (χ4n) is 0.993. The number of benzene rings is 1. The van der Waals surface area contributed by atoms with Crippen LogP contribution in [-0.2, 0) is 16.0 Å². The Morgan fingerprint density at radius 2 is 2.00 bits per heavy atom. The summed E-state index contributed by atoms with van der Waals surface area (Å²) in [6, 6.07) is 9.90. The van der Waals surface area contributed by atoms with Crippen LogP contribution in [0.1, 0.15) is 13.4 Å². The standard InChI is InChI=1S/C10H12O2.Na.H/c1-12-10(11)8-7-9-5-3-2-4-6-9;;/h2-6H,7-8H2,1H3;;/q;+1;-1. The largest absolute Gasteiger partial charge is 1.00 e. The van der Waals surface area contributed by atoms with Crippen molar-refractivity contribution >= 4 is 5.97 Å². The molecule has 0 saturated carbocycles. The van der Waals surface area contributed by atoms with Crippen molar-refractivity contribution in [1.29, 1.82) is 0 Å². The summed E-state index contributed by atoms with van der Waals surface area (Å²) in [5, 5.41) is 0. The van der Waals surface area contributed by atoms with Gasteiger partial charge in [0.1, 0.15) is 0 Å². The third-order valence-electron chi connectivity index (χ3n) is 1.69. The predicted octanol–water partition coefficient (Wildman–Crippen LogP) is -1.09. The summed E-state index contributed by atoms with van der Waals surface area (Å²) in [6.07, 6.45) is 1.22. The van der Waals surface area contributed by atoms with Crippen LogP contribution in [0.25, 0.3) is 0 Å². The smallest absolute Gasteiger partial charge is 1.00 e. The predicted molar refractivity (Wildman–Crippen MR) is 47.9 cm³/mol. The number of methoxy groups -OCH3 is 1. The molecule has 0 atom stereocenters. The zero-order chi connectivity index (χ0) is 8.81. The molecule has 0 aliphatic rings. The number of aryl methyl sites for hydroxylation is 1. The molecule has 0 saturated heterocycles. The number of carbonyl (C=O) groups is 1. The van der Waals surface area contributed by atoms with E-state index in [1.165, 1.54) is 12.7 Å². The molecule has 0 aliphatic heterocycles. The van der Waals surface area contributed by atoms with Gasteiger partial charge in [-0.3, -0.25) is 4.79 Å². The number of hydrogen-bond acceptors (Lipinski definition) is 2. The van der Waals surface area contributed by atoms with E-state index in [1.54, 1.807) is 0 Å². The molecule has 66 valence electrons. The van der Waals surface area contributed by atoms with E-state index in [-0.39, 0.29) is 37.0 Å². The normalized spacial score (nSPS) is 8.69. The van der Waals surface area contributed by atoms with Crippen molar-refractivity contribution in [2.45, 2.75) is 12.8 Å². The van der Waals surface area contributed by atoms with Gasteiger partial charge >= 0.3 is 35.5 Å². The first-order valence-corrected chi connectivity index (χ1v) is 3.93. The van der Waals surface area contributed by atoms with Crippen LogP contribution in [-0.4, -0.2) is 13.1 Å². The third kappa shape index (κ3) is 5.09. The van der Waals surface area contributed by atoms with Crippen LogP contribution in [0.15, 0.2) is 30.3 Å². The molecule has 3 heteroatoms. The van der Waals surface area contributed by atoms with Gasteiger partial charge < -0.3 is 6.16 Å². The average molecular weight is 188 g/mol. The topological polar surface area (TPSA) is 26.3 Å². The van der Waals surface area contributed by atoms with E-state index < -0.39 is 0 Å². The Balaban J connectivity index is 0. The van der Waals surface area contributed by atoms with Crippen molar-refractivity contribution < 1.29 is 40.5 Å². The first-order chi connectivity index (χ1) is 5.83. The molecule has 0 aromatic heterocycles. The van der Waals surface area contributed by atoms with E-state index in [0.29, 0.717) is 6.42 Å². The van der Waals surface area contributed by atoms with Gasteiger partial charge in [-0.2, -0.15) is 0 Å².